The van der Waals surface area contributed by atoms with Crippen LogP contribution in [0.5, 0.6) is 0 Å². The molecule has 0 aliphatic heterocycles. The van der Waals surface area contributed by atoms with Gasteiger partial charge in [-0.25, -0.2) is 14.4 Å². The van der Waals surface area contributed by atoms with Gasteiger partial charge in [-0.3, -0.25) is 4.79 Å². The normalized spacial score (nSPS) is 10.5. The van der Waals surface area contributed by atoms with Gasteiger partial charge < -0.3 is 10.6 Å². The van der Waals surface area contributed by atoms with Crippen LogP contribution in [0.3, 0.4) is 0 Å². The van der Waals surface area contributed by atoms with Crippen molar-refractivity contribution in [1.82, 2.24) is 15.3 Å². The molecule has 0 aliphatic carbocycles. The molecule has 0 unspecified atom stereocenters. The first-order valence-electron chi connectivity index (χ1n) is 8.63. The van der Waals surface area contributed by atoms with Crippen molar-refractivity contribution < 1.29 is 9.18 Å². The highest BCUT2D eigenvalue weighted by Crippen LogP contribution is 2.19. The van der Waals surface area contributed by atoms with E-state index >= 15 is 0 Å². The average molecular weight is 364 g/mol. The molecule has 0 bridgehead atoms. The van der Waals surface area contributed by atoms with Crippen LogP contribution in [0.2, 0.25) is 0 Å². The number of aromatic nitrogens is 2. The number of nitrogens with zero attached hydrogens (tertiary/aromatic N) is 2. The molecule has 0 saturated carbocycles. The van der Waals surface area contributed by atoms with Crippen molar-refractivity contribution in [3.05, 3.63) is 82.6 Å². The number of benzene rings is 2. The third-order valence-corrected chi connectivity index (χ3v) is 3.93. The second-order valence-electron chi connectivity index (χ2n) is 6.50. The lowest BCUT2D eigenvalue weighted by atomic mass is 10.1. The van der Waals surface area contributed by atoms with Crippen molar-refractivity contribution in [2.75, 3.05) is 5.32 Å². The molecule has 3 aromatic rings. The summed E-state index contributed by atoms with van der Waals surface area (Å²) in [6.45, 7) is 6.08. The van der Waals surface area contributed by atoms with Gasteiger partial charge in [0.05, 0.1) is 0 Å². The van der Waals surface area contributed by atoms with Crippen molar-refractivity contribution in [3.63, 3.8) is 0 Å². The largest absolute Gasteiger partial charge is 0.347 e. The van der Waals surface area contributed by atoms with Gasteiger partial charge in [0.1, 0.15) is 23.2 Å². The van der Waals surface area contributed by atoms with Crippen LogP contribution in [-0.2, 0) is 6.54 Å². The minimum Gasteiger partial charge on any atom is -0.347 e. The SMILES string of the molecule is Cc1cc(C)cc(Nc2cc(C(=O)NCc3ccc(F)cc3)nc(C)n2)c1. The Hall–Kier alpha value is -3.28. The lowest BCUT2D eigenvalue weighted by molar-refractivity contribution is 0.0945. The maximum atomic E-state index is 13.0. The Balaban J connectivity index is 1.73. The third-order valence-electron chi connectivity index (χ3n) is 3.93. The van der Waals surface area contributed by atoms with Gasteiger partial charge in [0.15, 0.2) is 0 Å². The van der Waals surface area contributed by atoms with E-state index in [4.69, 9.17) is 0 Å². The van der Waals surface area contributed by atoms with Crippen LogP contribution in [0.4, 0.5) is 15.9 Å². The fraction of sp³-hybridized carbons (Fsp3) is 0.190. The molecular formula is C21H21FN4O. The van der Waals surface area contributed by atoms with Crippen LogP contribution in [0.25, 0.3) is 0 Å². The zero-order valence-corrected chi connectivity index (χ0v) is 15.5. The molecule has 1 amide bonds. The van der Waals surface area contributed by atoms with E-state index in [0.29, 0.717) is 18.2 Å². The standard InChI is InChI=1S/C21H21FN4O/c1-13-8-14(2)10-18(9-13)26-20-11-19(24-15(3)25-20)21(27)23-12-16-4-6-17(22)7-5-16/h4-11H,12H2,1-3H3,(H,23,27)(H,24,25,26). The summed E-state index contributed by atoms with van der Waals surface area (Å²) in [7, 11) is 0. The Morgan fingerprint density at radius 3 is 2.30 bits per heavy atom. The summed E-state index contributed by atoms with van der Waals surface area (Å²) < 4.78 is 13.0. The third kappa shape index (κ3) is 5.10. The summed E-state index contributed by atoms with van der Waals surface area (Å²) in [5.74, 6) is 0.433. The Morgan fingerprint density at radius 2 is 1.63 bits per heavy atom. The molecule has 138 valence electrons. The van der Waals surface area contributed by atoms with E-state index < -0.39 is 0 Å². The van der Waals surface area contributed by atoms with Gasteiger partial charge in [-0.1, -0.05) is 18.2 Å². The van der Waals surface area contributed by atoms with E-state index in [1.807, 2.05) is 26.0 Å². The van der Waals surface area contributed by atoms with Gasteiger partial charge >= 0.3 is 0 Å². The van der Waals surface area contributed by atoms with Crippen molar-refractivity contribution in [2.24, 2.45) is 0 Å². The number of nitrogens with one attached hydrogen (secondary N) is 2. The number of carbonyl (C=O) groups is 1. The first-order chi connectivity index (χ1) is 12.9. The Morgan fingerprint density at radius 1 is 0.963 bits per heavy atom. The monoisotopic (exact) mass is 364 g/mol. The number of rotatable bonds is 5. The second kappa shape index (κ2) is 7.95. The molecule has 0 atom stereocenters. The van der Waals surface area contributed by atoms with Gasteiger partial charge in [0.25, 0.3) is 5.91 Å². The highest BCUT2D eigenvalue weighted by atomic mass is 19.1. The van der Waals surface area contributed by atoms with Crippen LogP contribution in [0, 0.1) is 26.6 Å². The van der Waals surface area contributed by atoms with Crippen molar-refractivity contribution in [1.29, 1.82) is 0 Å². The molecule has 1 heterocycles. The van der Waals surface area contributed by atoms with E-state index in [1.165, 1.54) is 12.1 Å². The van der Waals surface area contributed by atoms with Crippen molar-refractivity contribution in [2.45, 2.75) is 27.3 Å². The highest BCUT2D eigenvalue weighted by Gasteiger charge is 2.11. The van der Waals surface area contributed by atoms with E-state index in [-0.39, 0.29) is 17.4 Å². The predicted molar refractivity (Wildman–Crippen MR) is 104 cm³/mol. The fourth-order valence-electron chi connectivity index (χ4n) is 2.82. The highest BCUT2D eigenvalue weighted by molar-refractivity contribution is 5.93. The minimum atomic E-state index is -0.312. The lowest BCUT2D eigenvalue weighted by Crippen LogP contribution is -2.24. The maximum absolute atomic E-state index is 13.0. The molecule has 1 aromatic heterocycles. The van der Waals surface area contributed by atoms with Crippen LogP contribution >= 0.6 is 0 Å². The van der Waals surface area contributed by atoms with Gasteiger partial charge in [0, 0.05) is 18.3 Å². The lowest BCUT2D eigenvalue weighted by Gasteiger charge is -2.10. The number of hydrogen-bond donors (Lipinski definition) is 2. The van der Waals surface area contributed by atoms with Crippen molar-refractivity contribution in [3.8, 4) is 0 Å². The summed E-state index contributed by atoms with van der Waals surface area (Å²) in [6.07, 6.45) is 0. The second-order valence-corrected chi connectivity index (χ2v) is 6.50. The zero-order valence-electron chi connectivity index (χ0n) is 15.5. The van der Waals surface area contributed by atoms with E-state index in [1.54, 1.807) is 25.1 Å². The van der Waals surface area contributed by atoms with E-state index in [0.717, 1.165) is 22.4 Å². The van der Waals surface area contributed by atoms with Crippen LogP contribution < -0.4 is 10.6 Å². The Kier molecular flexibility index (Phi) is 5.45. The van der Waals surface area contributed by atoms with Gasteiger partial charge in [0.2, 0.25) is 0 Å². The fourth-order valence-corrected chi connectivity index (χ4v) is 2.82. The van der Waals surface area contributed by atoms with Crippen LogP contribution in [-0.4, -0.2) is 15.9 Å². The molecule has 3 rings (SSSR count). The molecule has 0 aliphatic rings. The van der Waals surface area contributed by atoms with E-state index in [2.05, 4.69) is 26.7 Å². The Labute approximate surface area is 157 Å². The number of amides is 1. The maximum Gasteiger partial charge on any atom is 0.270 e. The number of halogens is 1. The van der Waals surface area contributed by atoms with E-state index in [9.17, 15) is 9.18 Å². The summed E-state index contributed by atoms with van der Waals surface area (Å²) in [5.41, 5.74) is 4.27. The van der Waals surface area contributed by atoms with Crippen molar-refractivity contribution >= 4 is 17.4 Å². The number of aryl methyl sites for hydroxylation is 3. The molecule has 5 nitrogen and oxygen atoms in total. The summed E-state index contributed by atoms with van der Waals surface area (Å²) >= 11 is 0. The van der Waals surface area contributed by atoms with Crippen LogP contribution in [0.1, 0.15) is 33.0 Å². The number of anilines is 2. The first-order valence-corrected chi connectivity index (χ1v) is 8.63. The summed E-state index contributed by atoms with van der Waals surface area (Å²) in [4.78, 5) is 21.0. The molecule has 2 aromatic carbocycles. The molecule has 27 heavy (non-hydrogen) atoms. The van der Waals surface area contributed by atoms with Gasteiger partial charge in [-0.2, -0.15) is 0 Å². The minimum absolute atomic E-state index is 0.275. The molecule has 0 saturated heterocycles. The van der Waals surface area contributed by atoms with Crippen LogP contribution in [0.15, 0.2) is 48.5 Å². The number of hydrogen-bond acceptors (Lipinski definition) is 4. The Bertz CT molecular complexity index is 950. The summed E-state index contributed by atoms with van der Waals surface area (Å²) in [6, 6.07) is 13.7. The molecule has 0 spiro atoms. The quantitative estimate of drug-likeness (QED) is 0.711. The topological polar surface area (TPSA) is 66.9 Å². The molecular weight excluding hydrogens is 343 g/mol. The van der Waals surface area contributed by atoms with Gasteiger partial charge in [-0.15, -0.1) is 0 Å². The number of carbonyl (C=O) groups excluding carboxylic acids is 1. The first kappa shape index (κ1) is 18.5. The molecule has 0 fully saturated rings. The summed E-state index contributed by atoms with van der Waals surface area (Å²) in [5, 5.41) is 6.02. The molecule has 0 radical (unpaired) electrons. The average Bonchev–Trinajstić information content (AvgIpc) is 2.59. The molecule has 6 heteroatoms. The predicted octanol–water partition coefficient (Wildman–Crippen LogP) is 4.21. The zero-order chi connectivity index (χ0) is 19.4. The smallest absolute Gasteiger partial charge is 0.270 e. The molecule has 2 N–H and O–H groups in total. The van der Waals surface area contributed by atoms with Gasteiger partial charge in [-0.05, 0) is 61.7 Å².